The van der Waals surface area contributed by atoms with E-state index in [0.29, 0.717) is 33.9 Å². The number of benzene rings is 2. The summed E-state index contributed by atoms with van der Waals surface area (Å²) in [7, 11) is 0. The van der Waals surface area contributed by atoms with E-state index in [4.69, 9.17) is 5.73 Å². The first-order valence-electron chi connectivity index (χ1n) is 10.3. The molecule has 0 spiro atoms. The number of carbonyl (C=O) groups excluding carboxylic acids is 2. The van der Waals surface area contributed by atoms with E-state index in [1.54, 1.807) is 34.9 Å². The van der Waals surface area contributed by atoms with Crippen LogP contribution in [0.2, 0.25) is 0 Å². The lowest BCUT2D eigenvalue weighted by Gasteiger charge is -2.13. The number of nitrogens with two attached hydrogens (primary N) is 1. The molecule has 3 rings (SSSR count). The molecule has 7 nitrogen and oxygen atoms in total. The predicted octanol–water partition coefficient (Wildman–Crippen LogP) is 3.81. The topological polar surface area (TPSA) is 107 Å². The average Bonchev–Trinajstić information content (AvgIpc) is 2.77. The van der Waals surface area contributed by atoms with Crippen molar-refractivity contribution in [3.8, 4) is 0 Å². The summed E-state index contributed by atoms with van der Waals surface area (Å²) >= 11 is 1.24. The second-order valence-corrected chi connectivity index (χ2v) is 8.15. The van der Waals surface area contributed by atoms with E-state index in [0.717, 1.165) is 25.7 Å². The summed E-state index contributed by atoms with van der Waals surface area (Å²) in [6.45, 7) is 2.72. The number of primary amides is 1. The number of hydrogen-bond donors (Lipinski definition) is 2. The van der Waals surface area contributed by atoms with Gasteiger partial charge in [0.15, 0.2) is 5.16 Å². The van der Waals surface area contributed by atoms with E-state index in [-0.39, 0.29) is 17.2 Å². The van der Waals surface area contributed by atoms with E-state index >= 15 is 0 Å². The standard InChI is InChI=1S/C23H26N4O3S/c1-2-3-4-7-14-27-22(30)18-8-5-6-9-19(18)26-23(27)31-15-20(28)25-17-12-10-16(11-13-17)21(24)29/h5-6,8-13H,2-4,7,14-15H2,1H3,(H2,24,29)(H,25,28). The Labute approximate surface area is 185 Å². The van der Waals surface area contributed by atoms with Crippen molar-refractivity contribution in [2.24, 2.45) is 5.73 Å². The van der Waals surface area contributed by atoms with Crippen molar-refractivity contribution in [3.05, 3.63) is 64.4 Å². The van der Waals surface area contributed by atoms with Gasteiger partial charge in [-0.3, -0.25) is 19.0 Å². The highest BCUT2D eigenvalue weighted by molar-refractivity contribution is 7.99. The van der Waals surface area contributed by atoms with Crippen LogP contribution < -0.4 is 16.6 Å². The zero-order valence-corrected chi connectivity index (χ0v) is 18.3. The number of anilines is 1. The molecule has 0 radical (unpaired) electrons. The highest BCUT2D eigenvalue weighted by Gasteiger charge is 2.13. The smallest absolute Gasteiger partial charge is 0.262 e. The van der Waals surface area contributed by atoms with Gasteiger partial charge in [0.25, 0.3) is 5.56 Å². The Bertz CT molecular complexity index is 1130. The van der Waals surface area contributed by atoms with Crippen molar-refractivity contribution in [2.75, 3.05) is 11.1 Å². The first-order chi connectivity index (χ1) is 15.0. The number of nitrogens with one attached hydrogen (secondary N) is 1. The molecule has 162 valence electrons. The van der Waals surface area contributed by atoms with E-state index < -0.39 is 5.91 Å². The molecule has 31 heavy (non-hydrogen) atoms. The van der Waals surface area contributed by atoms with Crippen LogP contribution in [-0.2, 0) is 11.3 Å². The van der Waals surface area contributed by atoms with Crippen molar-refractivity contribution < 1.29 is 9.59 Å². The number of para-hydroxylation sites is 1. The molecule has 0 bridgehead atoms. The second-order valence-electron chi connectivity index (χ2n) is 7.21. The Morgan fingerprint density at radius 1 is 1.06 bits per heavy atom. The third-order valence-electron chi connectivity index (χ3n) is 4.85. The Morgan fingerprint density at radius 3 is 2.52 bits per heavy atom. The summed E-state index contributed by atoms with van der Waals surface area (Å²) in [5.74, 6) is -0.637. The number of unbranched alkanes of at least 4 members (excludes halogenated alkanes) is 3. The van der Waals surface area contributed by atoms with Crippen LogP contribution in [0.5, 0.6) is 0 Å². The Hall–Kier alpha value is -3.13. The van der Waals surface area contributed by atoms with E-state index in [2.05, 4.69) is 17.2 Å². The van der Waals surface area contributed by atoms with Gasteiger partial charge in [0.05, 0.1) is 16.7 Å². The van der Waals surface area contributed by atoms with Crippen molar-refractivity contribution in [1.29, 1.82) is 0 Å². The average molecular weight is 439 g/mol. The summed E-state index contributed by atoms with van der Waals surface area (Å²) in [6.07, 6.45) is 4.17. The third-order valence-corrected chi connectivity index (χ3v) is 5.82. The molecule has 0 atom stereocenters. The lowest BCUT2D eigenvalue weighted by Crippen LogP contribution is -2.24. The van der Waals surface area contributed by atoms with Crippen molar-refractivity contribution in [3.63, 3.8) is 0 Å². The molecule has 8 heteroatoms. The van der Waals surface area contributed by atoms with E-state index in [1.165, 1.54) is 11.8 Å². The molecular formula is C23H26N4O3S. The Balaban J connectivity index is 1.73. The number of nitrogens with zero attached hydrogens (tertiary/aromatic N) is 2. The fraction of sp³-hybridized carbons (Fsp3) is 0.304. The van der Waals surface area contributed by atoms with Gasteiger partial charge in [-0.2, -0.15) is 0 Å². The lowest BCUT2D eigenvalue weighted by atomic mass is 10.2. The number of hydrogen-bond acceptors (Lipinski definition) is 5. The number of fused-ring (bicyclic) bond motifs is 1. The van der Waals surface area contributed by atoms with E-state index in [9.17, 15) is 14.4 Å². The van der Waals surface area contributed by atoms with E-state index in [1.807, 2.05) is 18.2 Å². The number of thioether (sulfide) groups is 1. The number of aromatic nitrogens is 2. The molecule has 1 aromatic heterocycles. The zero-order valence-electron chi connectivity index (χ0n) is 17.5. The van der Waals surface area contributed by atoms with Gasteiger partial charge in [0.2, 0.25) is 11.8 Å². The van der Waals surface area contributed by atoms with Crippen molar-refractivity contribution in [2.45, 2.75) is 44.3 Å². The summed E-state index contributed by atoms with van der Waals surface area (Å²) in [6, 6.07) is 13.6. The molecule has 2 aromatic carbocycles. The van der Waals surface area contributed by atoms with Crippen LogP contribution >= 0.6 is 11.8 Å². The highest BCUT2D eigenvalue weighted by atomic mass is 32.2. The first-order valence-corrected chi connectivity index (χ1v) is 11.3. The minimum absolute atomic E-state index is 0.0768. The number of carbonyl (C=O) groups is 2. The summed E-state index contributed by atoms with van der Waals surface area (Å²) < 4.78 is 1.68. The van der Waals surface area contributed by atoms with Crippen molar-refractivity contribution >= 4 is 40.2 Å². The molecule has 2 amide bonds. The fourth-order valence-corrected chi connectivity index (χ4v) is 4.02. The van der Waals surface area contributed by atoms with Gasteiger partial charge in [-0.25, -0.2) is 4.98 Å². The predicted molar refractivity (Wildman–Crippen MR) is 124 cm³/mol. The number of amides is 2. The summed E-state index contributed by atoms with van der Waals surface area (Å²) in [4.78, 5) is 41.2. The molecule has 0 aliphatic heterocycles. The normalized spacial score (nSPS) is 10.9. The second kappa shape index (κ2) is 10.8. The van der Waals surface area contributed by atoms with Crippen LogP contribution in [0.3, 0.4) is 0 Å². The molecule has 3 N–H and O–H groups in total. The molecule has 0 fully saturated rings. The molecule has 3 aromatic rings. The van der Waals surface area contributed by atoms with Gasteiger partial charge >= 0.3 is 0 Å². The minimum Gasteiger partial charge on any atom is -0.366 e. The van der Waals surface area contributed by atoms with Gasteiger partial charge in [0, 0.05) is 17.8 Å². The molecule has 1 heterocycles. The molecule has 0 aliphatic carbocycles. The molecule has 0 saturated heterocycles. The molecular weight excluding hydrogens is 412 g/mol. The van der Waals surface area contributed by atoms with Gasteiger partial charge < -0.3 is 11.1 Å². The highest BCUT2D eigenvalue weighted by Crippen LogP contribution is 2.19. The molecule has 0 saturated carbocycles. The van der Waals surface area contributed by atoms with Crippen LogP contribution in [-0.4, -0.2) is 27.1 Å². The summed E-state index contributed by atoms with van der Waals surface area (Å²) in [5.41, 5.74) is 6.72. The SMILES string of the molecule is CCCCCCn1c(SCC(=O)Nc2ccc(C(N)=O)cc2)nc2ccccc2c1=O. The summed E-state index contributed by atoms with van der Waals surface area (Å²) in [5, 5.41) is 3.91. The van der Waals surface area contributed by atoms with Crippen LogP contribution in [0, 0.1) is 0 Å². The Morgan fingerprint density at radius 2 is 1.81 bits per heavy atom. The monoisotopic (exact) mass is 438 g/mol. The Kier molecular flexibility index (Phi) is 7.83. The van der Waals surface area contributed by atoms with Crippen LogP contribution in [0.4, 0.5) is 5.69 Å². The maximum atomic E-state index is 13.0. The zero-order chi connectivity index (χ0) is 22.2. The lowest BCUT2D eigenvalue weighted by molar-refractivity contribution is -0.113. The maximum absolute atomic E-state index is 13.0. The van der Waals surface area contributed by atoms with Gasteiger partial charge in [-0.15, -0.1) is 0 Å². The van der Waals surface area contributed by atoms with Crippen LogP contribution in [0.1, 0.15) is 43.0 Å². The quantitative estimate of drug-likeness (QED) is 0.284. The van der Waals surface area contributed by atoms with Crippen LogP contribution in [0.25, 0.3) is 10.9 Å². The largest absolute Gasteiger partial charge is 0.366 e. The van der Waals surface area contributed by atoms with Gasteiger partial charge in [-0.05, 0) is 42.8 Å². The van der Waals surface area contributed by atoms with Crippen LogP contribution in [0.15, 0.2) is 58.5 Å². The fourth-order valence-electron chi connectivity index (χ4n) is 3.20. The minimum atomic E-state index is -0.521. The molecule has 0 unspecified atom stereocenters. The molecule has 0 aliphatic rings. The third kappa shape index (κ3) is 5.95. The number of rotatable bonds is 10. The van der Waals surface area contributed by atoms with Crippen molar-refractivity contribution in [1.82, 2.24) is 9.55 Å². The van der Waals surface area contributed by atoms with Gasteiger partial charge in [-0.1, -0.05) is 50.1 Å². The first kappa shape index (κ1) is 22.6. The van der Waals surface area contributed by atoms with Gasteiger partial charge in [0.1, 0.15) is 0 Å². The maximum Gasteiger partial charge on any atom is 0.262 e.